The maximum Gasteiger partial charge on any atom is 0.119 e. The lowest BCUT2D eigenvalue weighted by Gasteiger charge is -2.17. The predicted molar refractivity (Wildman–Crippen MR) is 94.6 cm³/mol. The van der Waals surface area contributed by atoms with Crippen LogP contribution in [0.25, 0.3) is 0 Å². The lowest BCUT2D eigenvalue weighted by atomic mass is 9.89. The third-order valence-electron chi connectivity index (χ3n) is 4.30. The Morgan fingerprint density at radius 1 is 0.773 bits per heavy atom. The molecule has 22 heavy (non-hydrogen) atoms. The fourth-order valence-corrected chi connectivity index (χ4v) is 3.01. The number of phenols is 1. The Kier molecular flexibility index (Phi) is 6.51. The van der Waals surface area contributed by atoms with Crippen LogP contribution in [0.2, 0.25) is 0 Å². The number of phenolic OH excluding ortho intramolecular Hbond substituents is 1. The van der Waals surface area contributed by atoms with E-state index in [2.05, 4.69) is 50.2 Å². The molecule has 1 nitrogen and oxygen atoms in total. The Balaban J connectivity index is 2.34. The zero-order valence-corrected chi connectivity index (χ0v) is 13.9. The third-order valence-corrected chi connectivity index (χ3v) is 4.30. The van der Waals surface area contributed by atoms with Crippen molar-refractivity contribution in [3.63, 3.8) is 0 Å². The summed E-state index contributed by atoms with van der Waals surface area (Å²) in [5, 5.41) is 10.3. The maximum atomic E-state index is 10.3. The van der Waals surface area contributed by atoms with Gasteiger partial charge < -0.3 is 5.11 Å². The first-order valence-corrected chi connectivity index (χ1v) is 8.62. The van der Waals surface area contributed by atoms with Crippen molar-refractivity contribution >= 4 is 0 Å². The molecule has 0 bridgehead atoms. The Labute approximate surface area is 135 Å². The number of unbranched alkanes of at least 4 members (excludes halogenated alkanes) is 2. The first-order chi connectivity index (χ1) is 10.8. The normalized spacial score (nSPS) is 10.8. The average molecular weight is 296 g/mol. The lowest BCUT2D eigenvalue weighted by Crippen LogP contribution is -2.02. The molecule has 118 valence electrons. The summed E-state index contributed by atoms with van der Waals surface area (Å²) in [6.07, 6.45) is 7.70. The second kappa shape index (κ2) is 8.63. The van der Waals surface area contributed by atoms with Crippen molar-refractivity contribution < 1.29 is 5.11 Å². The molecule has 2 aromatic carbocycles. The highest BCUT2D eigenvalue weighted by Crippen LogP contribution is 2.29. The molecule has 0 aliphatic rings. The van der Waals surface area contributed by atoms with Gasteiger partial charge in [-0.25, -0.2) is 0 Å². The number of hydrogen-bond donors (Lipinski definition) is 1. The minimum absolute atomic E-state index is 0.483. The summed E-state index contributed by atoms with van der Waals surface area (Å²) in [5.74, 6) is 0.483. The molecule has 0 aliphatic heterocycles. The second-order valence-electron chi connectivity index (χ2n) is 6.07. The standard InChI is InChI=1S/C21H28O/c1-3-5-12-19-18(16-17-10-8-7-9-11-17)14-15-21(22)20(19)13-6-4-2/h7-11,14-15,22H,3-6,12-13,16H2,1-2H3. The molecule has 2 rings (SSSR count). The third kappa shape index (κ3) is 4.37. The summed E-state index contributed by atoms with van der Waals surface area (Å²) in [6, 6.07) is 14.6. The van der Waals surface area contributed by atoms with Crippen molar-refractivity contribution in [2.45, 2.75) is 58.8 Å². The van der Waals surface area contributed by atoms with Crippen molar-refractivity contribution in [2.24, 2.45) is 0 Å². The van der Waals surface area contributed by atoms with Crippen LogP contribution < -0.4 is 0 Å². The number of rotatable bonds is 8. The monoisotopic (exact) mass is 296 g/mol. The lowest BCUT2D eigenvalue weighted by molar-refractivity contribution is 0.465. The van der Waals surface area contributed by atoms with Gasteiger partial charge in [0.2, 0.25) is 0 Å². The van der Waals surface area contributed by atoms with E-state index in [0.29, 0.717) is 5.75 Å². The predicted octanol–water partition coefficient (Wildman–Crippen LogP) is 5.67. The van der Waals surface area contributed by atoms with Gasteiger partial charge in [-0.15, -0.1) is 0 Å². The Bertz CT molecular complexity index is 572. The van der Waals surface area contributed by atoms with Crippen LogP contribution in [0.4, 0.5) is 0 Å². The Hall–Kier alpha value is -1.76. The fraction of sp³-hybridized carbons (Fsp3) is 0.429. The molecule has 1 heteroatoms. The van der Waals surface area contributed by atoms with Gasteiger partial charge in [-0.3, -0.25) is 0 Å². The van der Waals surface area contributed by atoms with Crippen molar-refractivity contribution in [3.8, 4) is 5.75 Å². The van der Waals surface area contributed by atoms with Crippen LogP contribution in [0.15, 0.2) is 42.5 Å². The second-order valence-corrected chi connectivity index (χ2v) is 6.07. The highest BCUT2D eigenvalue weighted by molar-refractivity contribution is 5.46. The van der Waals surface area contributed by atoms with Gasteiger partial charge >= 0.3 is 0 Å². The van der Waals surface area contributed by atoms with Crippen LogP contribution >= 0.6 is 0 Å². The van der Waals surface area contributed by atoms with E-state index in [1.54, 1.807) is 0 Å². The minimum atomic E-state index is 0.483. The molecule has 0 aliphatic carbocycles. The molecule has 1 N–H and O–H groups in total. The van der Waals surface area contributed by atoms with Gasteiger partial charge in [-0.2, -0.15) is 0 Å². The van der Waals surface area contributed by atoms with Gasteiger partial charge in [0.1, 0.15) is 5.75 Å². The molecule has 0 aromatic heterocycles. The highest BCUT2D eigenvalue weighted by atomic mass is 16.3. The minimum Gasteiger partial charge on any atom is -0.508 e. The van der Waals surface area contributed by atoms with Crippen molar-refractivity contribution in [1.82, 2.24) is 0 Å². The summed E-state index contributed by atoms with van der Waals surface area (Å²) in [7, 11) is 0. The smallest absolute Gasteiger partial charge is 0.119 e. The van der Waals surface area contributed by atoms with E-state index in [4.69, 9.17) is 0 Å². The van der Waals surface area contributed by atoms with E-state index in [1.807, 2.05) is 6.07 Å². The van der Waals surface area contributed by atoms with Gasteiger partial charge in [0.25, 0.3) is 0 Å². The first kappa shape index (κ1) is 16.6. The van der Waals surface area contributed by atoms with Crippen LogP contribution in [-0.4, -0.2) is 5.11 Å². The van der Waals surface area contributed by atoms with Gasteiger partial charge in [0.15, 0.2) is 0 Å². The number of hydrogen-bond acceptors (Lipinski definition) is 1. The number of aromatic hydroxyl groups is 1. The molecule has 0 fully saturated rings. The zero-order valence-electron chi connectivity index (χ0n) is 13.9. The summed E-state index contributed by atoms with van der Waals surface area (Å²) in [6.45, 7) is 4.43. The molecule has 0 saturated carbocycles. The molecule has 0 amide bonds. The molecule has 2 aromatic rings. The molecule has 0 saturated heterocycles. The maximum absolute atomic E-state index is 10.3. The SMILES string of the molecule is CCCCc1c(O)ccc(Cc2ccccc2)c1CCCC. The van der Waals surface area contributed by atoms with Crippen LogP contribution in [0.5, 0.6) is 5.75 Å². The van der Waals surface area contributed by atoms with E-state index in [-0.39, 0.29) is 0 Å². The Morgan fingerprint density at radius 3 is 2.05 bits per heavy atom. The molecular formula is C21H28O. The van der Waals surface area contributed by atoms with E-state index < -0.39 is 0 Å². The molecule has 0 atom stereocenters. The van der Waals surface area contributed by atoms with E-state index in [1.165, 1.54) is 35.1 Å². The van der Waals surface area contributed by atoms with Crippen LogP contribution in [0.1, 0.15) is 61.8 Å². The zero-order chi connectivity index (χ0) is 15.8. The molecule has 0 heterocycles. The van der Waals surface area contributed by atoms with Gasteiger partial charge in [0.05, 0.1) is 0 Å². The molecular weight excluding hydrogens is 268 g/mol. The van der Waals surface area contributed by atoms with E-state index in [0.717, 1.165) is 32.1 Å². The van der Waals surface area contributed by atoms with Crippen molar-refractivity contribution in [3.05, 3.63) is 64.7 Å². The fourth-order valence-electron chi connectivity index (χ4n) is 3.01. The summed E-state index contributed by atoms with van der Waals surface area (Å²) < 4.78 is 0. The van der Waals surface area contributed by atoms with Gasteiger partial charge in [-0.1, -0.05) is 63.1 Å². The van der Waals surface area contributed by atoms with E-state index >= 15 is 0 Å². The van der Waals surface area contributed by atoms with Gasteiger partial charge in [-0.05, 0) is 60.4 Å². The van der Waals surface area contributed by atoms with Crippen LogP contribution in [0.3, 0.4) is 0 Å². The topological polar surface area (TPSA) is 20.2 Å². The van der Waals surface area contributed by atoms with Crippen LogP contribution in [0, 0.1) is 0 Å². The first-order valence-electron chi connectivity index (χ1n) is 8.62. The summed E-state index contributed by atoms with van der Waals surface area (Å²) in [5.41, 5.74) is 5.29. The average Bonchev–Trinajstić information content (AvgIpc) is 2.55. The van der Waals surface area contributed by atoms with Crippen LogP contribution in [-0.2, 0) is 19.3 Å². The quantitative estimate of drug-likeness (QED) is 0.665. The van der Waals surface area contributed by atoms with E-state index in [9.17, 15) is 5.11 Å². The Morgan fingerprint density at radius 2 is 1.41 bits per heavy atom. The highest BCUT2D eigenvalue weighted by Gasteiger charge is 2.13. The largest absolute Gasteiger partial charge is 0.508 e. The number of benzene rings is 2. The van der Waals surface area contributed by atoms with Crippen molar-refractivity contribution in [2.75, 3.05) is 0 Å². The molecule has 0 unspecified atom stereocenters. The molecule has 0 radical (unpaired) electrons. The van der Waals surface area contributed by atoms with Crippen molar-refractivity contribution in [1.29, 1.82) is 0 Å². The molecule has 0 spiro atoms. The summed E-state index contributed by atoms with van der Waals surface area (Å²) in [4.78, 5) is 0. The van der Waals surface area contributed by atoms with Gasteiger partial charge in [0, 0.05) is 0 Å². The summed E-state index contributed by atoms with van der Waals surface area (Å²) >= 11 is 0.